The number of guanidine groups is 1. The van der Waals surface area contributed by atoms with E-state index in [1.54, 1.807) is 7.11 Å². The summed E-state index contributed by atoms with van der Waals surface area (Å²) >= 11 is 0. The molecular formula is C24H34IN3O2. The predicted molar refractivity (Wildman–Crippen MR) is 134 cm³/mol. The molecule has 3 rings (SSSR count). The maximum atomic E-state index is 5.65. The van der Waals surface area contributed by atoms with Crippen LogP contribution in [-0.2, 0) is 10.2 Å². The highest BCUT2D eigenvalue weighted by atomic mass is 127. The predicted octanol–water partition coefficient (Wildman–Crippen LogP) is 4.33. The Morgan fingerprint density at radius 3 is 2.33 bits per heavy atom. The van der Waals surface area contributed by atoms with Gasteiger partial charge >= 0.3 is 0 Å². The van der Waals surface area contributed by atoms with Crippen LogP contribution < -0.4 is 15.4 Å². The van der Waals surface area contributed by atoms with Gasteiger partial charge in [-0.1, -0.05) is 49.4 Å². The molecule has 30 heavy (non-hydrogen) atoms. The molecule has 0 saturated carbocycles. The number of hydrogen-bond donors (Lipinski definition) is 2. The summed E-state index contributed by atoms with van der Waals surface area (Å²) in [6.07, 6.45) is 1.98. The third-order valence-electron chi connectivity index (χ3n) is 5.91. The van der Waals surface area contributed by atoms with Crippen LogP contribution in [0.25, 0.3) is 0 Å². The van der Waals surface area contributed by atoms with E-state index in [1.807, 2.05) is 19.2 Å². The van der Waals surface area contributed by atoms with Crippen LogP contribution in [0.2, 0.25) is 0 Å². The zero-order chi connectivity index (χ0) is 20.5. The maximum Gasteiger partial charge on any atom is 0.191 e. The Bertz CT molecular complexity index is 775. The molecule has 0 radical (unpaired) electrons. The number of halogens is 1. The zero-order valence-corrected chi connectivity index (χ0v) is 20.5. The highest BCUT2D eigenvalue weighted by Gasteiger charge is 2.34. The molecule has 164 valence electrons. The average Bonchev–Trinajstić information content (AvgIpc) is 2.80. The monoisotopic (exact) mass is 523 g/mol. The minimum atomic E-state index is 0. The summed E-state index contributed by atoms with van der Waals surface area (Å²) in [5.41, 5.74) is 2.68. The quantitative estimate of drug-likeness (QED) is 0.323. The summed E-state index contributed by atoms with van der Waals surface area (Å²) in [5, 5.41) is 7.05. The van der Waals surface area contributed by atoms with Crippen LogP contribution in [-0.4, -0.2) is 46.4 Å². The third-order valence-corrected chi connectivity index (χ3v) is 5.91. The molecule has 6 heteroatoms. The molecule has 1 heterocycles. The number of methoxy groups -OCH3 is 1. The highest BCUT2D eigenvalue weighted by Crippen LogP contribution is 2.35. The molecule has 1 aliphatic heterocycles. The van der Waals surface area contributed by atoms with Gasteiger partial charge in [-0.25, -0.2) is 0 Å². The number of benzene rings is 2. The smallest absolute Gasteiger partial charge is 0.191 e. The van der Waals surface area contributed by atoms with Crippen molar-refractivity contribution in [3.05, 3.63) is 65.7 Å². The first-order valence-corrected chi connectivity index (χ1v) is 10.4. The molecule has 5 nitrogen and oxygen atoms in total. The number of aliphatic imine (C=N–C) groups is 1. The van der Waals surface area contributed by atoms with Crippen LogP contribution in [0.15, 0.2) is 59.6 Å². The van der Waals surface area contributed by atoms with E-state index in [0.29, 0.717) is 5.92 Å². The maximum absolute atomic E-state index is 5.65. The van der Waals surface area contributed by atoms with Gasteiger partial charge in [0.2, 0.25) is 0 Å². The second-order valence-corrected chi connectivity index (χ2v) is 7.74. The molecule has 1 fully saturated rings. The van der Waals surface area contributed by atoms with Gasteiger partial charge in [0, 0.05) is 38.8 Å². The fourth-order valence-electron chi connectivity index (χ4n) is 3.90. The van der Waals surface area contributed by atoms with Crippen molar-refractivity contribution in [2.75, 3.05) is 40.5 Å². The molecule has 2 aromatic carbocycles. The van der Waals surface area contributed by atoms with E-state index in [9.17, 15) is 0 Å². The first-order valence-electron chi connectivity index (χ1n) is 10.4. The lowest BCUT2D eigenvalue weighted by Crippen LogP contribution is -2.48. The molecule has 0 amide bonds. The minimum Gasteiger partial charge on any atom is -0.497 e. The van der Waals surface area contributed by atoms with Crippen LogP contribution in [0.4, 0.5) is 0 Å². The Morgan fingerprint density at radius 2 is 1.73 bits per heavy atom. The summed E-state index contributed by atoms with van der Waals surface area (Å²) in [7, 11) is 3.53. The van der Waals surface area contributed by atoms with Crippen molar-refractivity contribution in [1.29, 1.82) is 0 Å². The van der Waals surface area contributed by atoms with E-state index in [-0.39, 0.29) is 29.4 Å². The van der Waals surface area contributed by atoms with Gasteiger partial charge in [-0.3, -0.25) is 4.99 Å². The van der Waals surface area contributed by atoms with Gasteiger partial charge in [-0.05, 0) is 42.0 Å². The first kappa shape index (κ1) is 24.5. The zero-order valence-electron chi connectivity index (χ0n) is 18.2. The molecule has 0 bridgehead atoms. The number of nitrogens with one attached hydrogen (secondary N) is 2. The first-order chi connectivity index (χ1) is 14.2. The molecule has 0 aliphatic carbocycles. The van der Waals surface area contributed by atoms with Crippen molar-refractivity contribution < 1.29 is 9.47 Å². The molecule has 1 unspecified atom stereocenters. The van der Waals surface area contributed by atoms with E-state index in [0.717, 1.165) is 50.9 Å². The van der Waals surface area contributed by atoms with E-state index in [1.165, 1.54) is 11.1 Å². The van der Waals surface area contributed by atoms with Crippen molar-refractivity contribution in [3.63, 3.8) is 0 Å². The third kappa shape index (κ3) is 6.35. The fourth-order valence-corrected chi connectivity index (χ4v) is 3.90. The molecular weight excluding hydrogens is 489 g/mol. The lowest BCUT2D eigenvalue weighted by atomic mass is 9.74. The molecule has 0 spiro atoms. The Hall–Kier alpha value is -1.80. The number of hydrogen-bond acceptors (Lipinski definition) is 3. The second-order valence-electron chi connectivity index (χ2n) is 7.74. The van der Waals surface area contributed by atoms with Crippen LogP contribution >= 0.6 is 24.0 Å². The Labute approximate surface area is 197 Å². The Morgan fingerprint density at radius 1 is 1.07 bits per heavy atom. The lowest BCUT2D eigenvalue weighted by molar-refractivity contribution is 0.0513. The molecule has 0 aromatic heterocycles. The highest BCUT2D eigenvalue weighted by molar-refractivity contribution is 14.0. The van der Waals surface area contributed by atoms with Gasteiger partial charge in [0.15, 0.2) is 5.96 Å². The standard InChI is InChI=1S/C24H33N3O2.HI/c1-19(20-7-5-4-6-8-20)17-26-23(25-2)27-18-24(13-15-29-16-14-24)21-9-11-22(28-3)12-10-21;/h4-12,19H,13-18H2,1-3H3,(H2,25,26,27);1H. The number of ether oxygens (including phenoxy) is 2. The summed E-state index contributed by atoms with van der Waals surface area (Å²) < 4.78 is 11.0. The Balaban J connectivity index is 0.00000320. The van der Waals surface area contributed by atoms with Crippen LogP contribution in [0, 0.1) is 0 Å². The number of rotatable bonds is 7. The molecule has 1 saturated heterocycles. The topological polar surface area (TPSA) is 54.9 Å². The van der Waals surface area contributed by atoms with Crippen LogP contribution in [0.1, 0.15) is 36.8 Å². The SMILES string of the molecule is CN=C(NCC(C)c1ccccc1)NCC1(c2ccc(OC)cc2)CCOCC1.I. The van der Waals surface area contributed by atoms with Gasteiger partial charge in [0.25, 0.3) is 0 Å². The summed E-state index contributed by atoms with van der Waals surface area (Å²) in [4.78, 5) is 4.43. The van der Waals surface area contributed by atoms with Gasteiger partial charge < -0.3 is 20.1 Å². The van der Waals surface area contributed by atoms with Gasteiger partial charge in [0.1, 0.15) is 5.75 Å². The van der Waals surface area contributed by atoms with Crippen molar-refractivity contribution >= 4 is 29.9 Å². The normalized spacial score (nSPS) is 16.8. The summed E-state index contributed by atoms with van der Waals surface area (Å²) in [6, 6.07) is 19.0. The van der Waals surface area contributed by atoms with Crippen LogP contribution in [0.5, 0.6) is 5.75 Å². The van der Waals surface area contributed by atoms with Crippen molar-refractivity contribution in [2.24, 2.45) is 4.99 Å². The minimum absolute atomic E-state index is 0. The lowest BCUT2D eigenvalue weighted by Gasteiger charge is -2.38. The second kappa shape index (κ2) is 12.2. The van der Waals surface area contributed by atoms with Gasteiger partial charge in [0.05, 0.1) is 7.11 Å². The number of nitrogens with zero attached hydrogens (tertiary/aromatic N) is 1. The Kier molecular flexibility index (Phi) is 9.91. The molecule has 1 atom stereocenters. The molecule has 2 N–H and O–H groups in total. The summed E-state index contributed by atoms with van der Waals surface area (Å²) in [6.45, 7) is 5.45. The van der Waals surface area contributed by atoms with E-state index in [2.05, 4.69) is 65.0 Å². The van der Waals surface area contributed by atoms with Crippen molar-refractivity contribution in [1.82, 2.24) is 10.6 Å². The molecule has 1 aliphatic rings. The average molecular weight is 523 g/mol. The van der Waals surface area contributed by atoms with E-state index >= 15 is 0 Å². The molecule has 2 aromatic rings. The van der Waals surface area contributed by atoms with Gasteiger partial charge in [-0.2, -0.15) is 0 Å². The summed E-state index contributed by atoms with van der Waals surface area (Å²) in [5.74, 6) is 2.14. The van der Waals surface area contributed by atoms with Gasteiger partial charge in [-0.15, -0.1) is 24.0 Å². The van der Waals surface area contributed by atoms with Crippen molar-refractivity contribution in [2.45, 2.75) is 31.1 Å². The fraction of sp³-hybridized carbons (Fsp3) is 0.458. The largest absolute Gasteiger partial charge is 0.497 e. The van der Waals surface area contributed by atoms with Crippen molar-refractivity contribution in [3.8, 4) is 5.75 Å². The van der Waals surface area contributed by atoms with E-state index < -0.39 is 0 Å². The van der Waals surface area contributed by atoms with Crippen LogP contribution in [0.3, 0.4) is 0 Å². The van der Waals surface area contributed by atoms with E-state index in [4.69, 9.17) is 9.47 Å².